The Morgan fingerprint density at radius 3 is 2.57 bits per heavy atom. The number of hydrogen-bond donors (Lipinski definition) is 3. The molecule has 0 bridgehead atoms. The molecule has 7 heteroatoms. The SMILES string of the molecule is Cc1cc(C)n(-c2cccc(C(O)C(O)CCNC(=O)OCc3ccccc3)c2)n1. The Kier molecular flexibility index (Phi) is 7.21. The average molecular weight is 409 g/mol. The first-order valence-electron chi connectivity index (χ1n) is 9.88. The van der Waals surface area contributed by atoms with Crippen LogP contribution in [0.3, 0.4) is 0 Å². The molecule has 7 nitrogen and oxygen atoms in total. The second kappa shape index (κ2) is 10.0. The van der Waals surface area contributed by atoms with E-state index in [0.29, 0.717) is 5.56 Å². The molecule has 0 spiro atoms. The molecule has 0 radical (unpaired) electrons. The number of aryl methyl sites for hydroxylation is 2. The average Bonchev–Trinajstić information content (AvgIpc) is 3.10. The number of amides is 1. The lowest BCUT2D eigenvalue weighted by molar-refractivity contribution is 0.0136. The molecule has 1 heterocycles. The molecule has 0 saturated heterocycles. The molecule has 0 saturated carbocycles. The van der Waals surface area contributed by atoms with Crippen LogP contribution in [0.4, 0.5) is 4.79 Å². The highest BCUT2D eigenvalue weighted by Crippen LogP contribution is 2.22. The summed E-state index contributed by atoms with van der Waals surface area (Å²) in [4.78, 5) is 11.8. The van der Waals surface area contributed by atoms with Crippen LogP contribution in [0.15, 0.2) is 60.7 Å². The molecule has 0 fully saturated rings. The summed E-state index contributed by atoms with van der Waals surface area (Å²) in [5.74, 6) is 0. The maximum Gasteiger partial charge on any atom is 0.407 e. The fourth-order valence-electron chi connectivity index (χ4n) is 3.21. The van der Waals surface area contributed by atoms with E-state index in [1.54, 1.807) is 16.8 Å². The first kappa shape index (κ1) is 21.5. The van der Waals surface area contributed by atoms with Crippen LogP contribution in [0, 0.1) is 13.8 Å². The number of alkyl carbamates (subject to hydrolysis) is 1. The van der Waals surface area contributed by atoms with Gasteiger partial charge in [0.05, 0.1) is 17.5 Å². The number of carbonyl (C=O) groups excluding carboxylic acids is 1. The summed E-state index contributed by atoms with van der Waals surface area (Å²) in [6.45, 7) is 4.24. The number of carbonyl (C=O) groups is 1. The van der Waals surface area contributed by atoms with Crippen LogP contribution in [0.5, 0.6) is 0 Å². The van der Waals surface area contributed by atoms with Gasteiger partial charge in [-0.15, -0.1) is 0 Å². The van der Waals surface area contributed by atoms with Gasteiger partial charge in [-0.25, -0.2) is 9.48 Å². The lowest BCUT2D eigenvalue weighted by Crippen LogP contribution is -2.29. The predicted octanol–water partition coefficient (Wildman–Crippen LogP) is 3.20. The van der Waals surface area contributed by atoms with Crippen molar-refractivity contribution >= 4 is 6.09 Å². The number of benzene rings is 2. The zero-order chi connectivity index (χ0) is 21.5. The molecular weight excluding hydrogens is 382 g/mol. The minimum absolute atomic E-state index is 0.178. The summed E-state index contributed by atoms with van der Waals surface area (Å²) in [7, 11) is 0. The van der Waals surface area contributed by atoms with Crippen LogP contribution in [-0.2, 0) is 11.3 Å². The Balaban J connectivity index is 1.49. The van der Waals surface area contributed by atoms with Crippen LogP contribution in [0.2, 0.25) is 0 Å². The lowest BCUT2D eigenvalue weighted by Gasteiger charge is -2.19. The zero-order valence-corrected chi connectivity index (χ0v) is 17.2. The predicted molar refractivity (Wildman–Crippen MR) is 113 cm³/mol. The molecule has 3 rings (SSSR count). The van der Waals surface area contributed by atoms with E-state index in [1.807, 2.05) is 62.4 Å². The molecule has 3 N–H and O–H groups in total. The number of ether oxygens (including phenoxy) is 1. The van der Waals surface area contributed by atoms with Gasteiger partial charge >= 0.3 is 6.09 Å². The van der Waals surface area contributed by atoms with Crippen molar-refractivity contribution in [3.63, 3.8) is 0 Å². The van der Waals surface area contributed by atoms with Crippen molar-refractivity contribution in [2.24, 2.45) is 0 Å². The standard InChI is InChI=1S/C23H27N3O4/c1-16-13-17(2)26(25-16)20-10-6-9-19(14-20)22(28)21(27)11-12-24-23(29)30-15-18-7-4-3-5-8-18/h3-10,13-14,21-22,27-28H,11-12,15H2,1-2H3,(H,24,29). The highest BCUT2D eigenvalue weighted by molar-refractivity contribution is 5.67. The monoisotopic (exact) mass is 409 g/mol. The molecule has 158 valence electrons. The van der Waals surface area contributed by atoms with E-state index in [0.717, 1.165) is 22.6 Å². The number of nitrogens with zero attached hydrogens (tertiary/aromatic N) is 2. The molecular formula is C23H27N3O4. The smallest absolute Gasteiger partial charge is 0.407 e. The normalized spacial score (nSPS) is 12.9. The zero-order valence-electron chi connectivity index (χ0n) is 17.2. The third kappa shape index (κ3) is 5.68. The largest absolute Gasteiger partial charge is 0.445 e. The van der Waals surface area contributed by atoms with Crippen molar-refractivity contribution in [1.29, 1.82) is 0 Å². The van der Waals surface area contributed by atoms with Crippen LogP contribution >= 0.6 is 0 Å². The first-order valence-corrected chi connectivity index (χ1v) is 9.88. The number of aliphatic hydroxyl groups excluding tert-OH is 2. The van der Waals surface area contributed by atoms with E-state index in [4.69, 9.17) is 4.74 Å². The highest BCUT2D eigenvalue weighted by Gasteiger charge is 2.19. The summed E-state index contributed by atoms with van der Waals surface area (Å²) in [6.07, 6.45) is -2.49. The van der Waals surface area contributed by atoms with Gasteiger partial charge in [-0.05, 0) is 49.6 Å². The number of aromatic nitrogens is 2. The quantitative estimate of drug-likeness (QED) is 0.531. The Hall–Kier alpha value is -3.16. The van der Waals surface area contributed by atoms with Gasteiger partial charge in [-0.3, -0.25) is 0 Å². The fourth-order valence-corrected chi connectivity index (χ4v) is 3.21. The molecule has 1 amide bonds. The third-order valence-electron chi connectivity index (χ3n) is 4.75. The summed E-state index contributed by atoms with van der Waals surface area (Å²) in [6, 6.07) is 18.6. The minimum atomic E-state index is -1.08. The molecule has 0 aliphatic heterocycles. The van der Waals surface area contributed by atoms with Gasteiger partial charge < -0.3 is 20.3 Å². The third-order valence-corrected chi connectivity index (χ3v) is 4.75. The van der Waals surface area contributed by atoms with Crippen LogP contribution < -0.4 is 5.32 Å². The number of nitrogens with one attached hydrogen (secondary N) is 1. The Morgan fingerprint density at radius 1 is 1.10 bits per heavy atom. The van der Waals surface area contributed by atoms with Crippen molar-refractivity contribution < 1.29 is 19.7 Å². The van der Waals surface area contributed by atoms with Gasteiger partial charge in [-0.1, -0.05) is 42.5 Å². The van der Waals surface area contributed by atoms with E-state index in [2.05, 4.69) is 10.4 Å². The number of hydrogen-bond acceptors (Lipinski definition) is 5. The molecule has 2 atom stereocenters. The van der Waals surface area contributed by atoms with Crippen molar-refractivity contribution in [1.82, 2.24) is 15.1 Å². The van der Waals surface area contributed by atoms with Crippen molar-refractivity contribution in [3.05, 3.63) is 83.2 Å². The number of rotatable bonds is 8. The molecule has 0 aliphatic rings. The van der Waals surface area contributed by atoms with E-state index >= 15 is 0 Å². The Bertz CT molecular complexity index is 972. The Morgan fingerprint density at radius 2 is 1.87 bits per heavy atom. The highest BCUT2D eigenvalue weighted by atomic mass is 16.5. The van der Waals surface area contributed by atoms with Gasteiger partial charge in [0.1, 0.15) is 12.7 Å². The van der Waals surface area contributed by atoms with E-state index in [-0.39, 0.29) is 19.6 Å². The molecule has 30 heavy (non-hydrogen) atoms. The van der Waals surface area contributed by atoms with Gasteiger partial charge in [0, 0.05) is 12.2 Å². The van der Waals surface area contributed by atoms with Gasteiger partial charge in [-0.2, -0.15) is 5.10 Å². The molecule has 2 aromatic carbocycles. The van der Waals surface area contributed by atoms with E-state index in [1.165, 1.54) is 0 Å². The van der Waals surface area contributed by atoms with Crippen molar-refractivity contribution in [3.8, 4) is 5.69 Å². The van der Waals surface area contributed by atoms with E-state index in [9.17, 15) is 15.0 Å². The second-order valence-corrected chi connectivity index (χ2v) is 7.22. The maximum absolute atomic E-state index is 11.8. The topological polar surface area (TPSA) is 96.6 Å². The second-order valence-electron chi connectivity index (χ2n) is 7.22. The van der Waals surface area contributed by atoms with Crippen molar-refractivity contribution in [2.45, 2.75) is 39.1 Å². The van der Waals surface area contributed by atoms with Crippen LogP contribution in [0.25, 0.3) is 5.69 Å². The van der Waals surface area contributed by atoms with Gasteiger partial charge in [0.25, 0.3) is 0 Å². The summed E-state index contributed by atoms with van der Waals surface area (Å²) in [5, 5.41) is 27.9. The van der Waals surface area contributed by atoms with Crippen LogP contribution in [0.1, 0.15) is 35.0 Å². The van der Waals surface area contributed by atoms with E-state index < -0.39 is 18.3 Å². The van der Waals surface area contributed by atoms with Crippen molar-refractivity contribution in [2.75, 3.05) is 6.54 Å². The lowest BCUT2D eigenvalue weighted by atomic mass is 10.0. The van der Waals surface area contributed by atoms with Gasteiger partial charge in [0.2, 0.25) is 0 Å². The Labute approximate surface area is 175 Å². The summed E-state index contributed by atoms with van der Waals surface area (Å²) >= 11 is 0. The maximum atomic E-state index is 11.8. The fraction of sp³-hybridized carbons (Fsp3) is 0.304. The minimum Gasteiger partial charge on any atom is -0.445 e. The number of aliphatic hydroxyl groups is 2. The molecule has 1 aromatic heterocycles. The molecule has 0 aliphatic carbocycles. The molecule has 2 unspecified atom stereocenters. The first-order chi connectivity index (χ1) is 14.4. The molecule has 3 aromatic rings. The summed E-state index contributed by atoms with van der Waals surface area (Å²) < 4.78 is 6.92. The van der Waals surface area contributed by atoms with Crippen LogP contribution in [-0.4, -0.2) is 38.7 Å². The summed E-state index contributed by atoms with van der Waals surface area (Å²) in [5.41, 5.74) is 4.18. The van der Waals surface area contributed by atoms with Gasteiger partial charge in [0.15, 0.2) is 0 Å².